The van der Waals surface area contributed by atoms with Crippen LogP contribution in [0, 0.1) is 12.8 Å². The Hall–Kier alpha value is -1.46. The summed E-state index contributed by atoms with van der Waals surface area (Å²) in [4.78, 5) is 4.49. The molecule has 2 aromatic rings. The fourth-order valence-electron chi connectivity index (χ4n) is 2.84. The van der Waals surface area contributed by atoms with Crippen molar-refractivity contribution in [2.75, 3.05) is 18.1 Å². The molecule has 3 rings (SSSR count). The molecule has 4 nitrogen and oxygen atoms in total. The summed E-state index contributed by atoms with van der Waals surface area (Å²) in [5.74, 6) is 0.945. The van der Waals surface area contributed by atoms with Crippen LogP contribution in [0.3, 0.4) is 0 Å². The fraction of sp³-hybridized carbons (Fsp3) is 0.438. The standard InChI is InChI=1S/C16H20N2O2S/c1-12-2-4-15-8-13(3-5-16(15)18-12)9-17-10-14-6-7-21(19,20)11-14/h2-5,8,14,17H,6-7,9-11H2,1H3. The molecule has 21 heavy (non-hydrogen) atoms. The Kier molecular flexibility index (Phi) is 3.95. The molecule has 1 saturated heterocycles. The van der Waals surface area contributed by atoms with Gasteiger partial charge in [-0.1, -0.05) is 12.1 Å². The molecule has 1 atom stereocenters. The summed E-state index contributed by atoms with van der Waals surface area (Å²) in [5.41, 5.74) is 3.24. The van der Waals surface area contributed by atoms with E-state index in [1.807, 2.05) is 19.1 Å². The number of sulfone groups is 1. The zero-order valence-corrected chi connectivity index (χ0v) is 13.0. The number of rotatable bonds is 4. The Morgan fingerprint density at radius 3 is 2.90 bits per heavy atom. The van der Waals surface area contributed by atoms with Gasteiger partial charge in [0.15, 0.2) is 9.84 Å². The molecule has 0 radical (unpaired) electrons. The zero-order valence-electron chi connectivity index (χ0n) is 12.2. The first kappa shape index (κ1) is 14.5. The number of pyridine rings is 1. The molecule has 0 bridgehead atoms. The van der Waals surface area contributed by atoms with Gasteiger partial charge in [-0.25, -0.2) is 8.42 Å². The van der Waals surface area contributed by atoms with E-state index in [1.165, 1.54) is 5.56 Å². The number of hydrogen-bond acceptors (Lipinski definition) is 4. The van der Waals surface area contributed by atoms with Gasteiger partial charge in [0.2, 0.25) is 0 Å². The Morgan fingerprint density at radius 2 is 2.14 bits per heavy atom. The highest BCUT2D eigenvalue weighted by Gasteiger charge is 2.27. The largest absolute Gasteiger partial charge is 0.312 e. The molecule has 0 saturated carbocycles. The van der Waals surface area contributed by atoms with Gasteiger partial charge < -0.3 is 5.32 Å². The summed E-state index contributed by atoms with van der Waals surface area (Å²) in [7, 11) is -2.77. The van der Waals surface area contributed by atoms with Crippen molar-refractivity contribution < 1.29 is 8.42 Å². The van der Waals surface area contributed by atoms with Gasteiger partial charge in [0, 0.05) is 17.6 Å². The van der Waals surface area contributed by atoms with Crippen LogP contribution in [0.1, 0.15) is 17.7 Å². The molecule has 2 heterocycles. The predicted octanol–water partition coefficient (Wildman–Crippen LogP) is 2.07. The monoisotopic (exact) mass is 304 g/mol. The molecular formula is C16H20N2O2S. The lowest BCUT2D eigenvalue weighted by molar-refractivity contribution is 0.521. The number of fused-ring (bicyclic) bond motifs is 1. The highest BCUT2D eigenvalue weighted by molar-refractivity contribution is 7.91. The third-order valence-corrected chi connectivity index (χ3v) is 5.82. The van der Waals surface area contributed by atoms with Crippen molar-refractivity contribution in [3.05, 3.63) is 41.6 Å². The molecule has 1 aliphatic heterocycles. The van der Waals surface area contributed by atoms with Crippen molar-refractivity contribution in [1.82, 2.24) is 10.3 Å². The summed E-state index contributed by atoms with van der Waals surface area (Å²) >= 11 is 0. The van der Waals surface area contributed by atoms with Crippen LogP contribution in [0.5, 0.6) is 0 Å². The molecular weight excluding hydrogens is 284 g/mol. The van der Waals surface area contributed by atoms with Crippen molar-refractivity contribution in [2.24, 2.45) is 5.92 Å². The summed E-state index contributed by atoms with van der Waals surface area (Å²) in [6.45, 7) is 3.52. The topological polar surface area (TPSA) is 59.1 Å². The Balaban J connectivity index is 1.59. The quantitative estimate of drug-likeness (QED) is 0.939. The van der Waals surface area contributed by atoms with Gasteiger partial charge in [0.05, 0.1) is 17.0 Å². The molecule has 0 amide bonds. The summed E-state index contributed by atoms with van der Waals surface area (Å²) in [6.07, 6.45) is 0.788. The third-order valence-electron chi connectivity index (χ3n) is 3.98. The average Bonchev–Trinajstić information content (AvgIpc) is 2.78. The predicted molar refractivity (Wildman–Crippen MR) is 84.9 cm³/mol. The van der Waals surface area contributed by atoms with Crippen LogP contribution in [-0.2, 0) is 16.4 Å². The van der Waals surface area contributed by atoms with E-state index < -0.39 is 9.84 Å². The molecule has 1 N–H and O–H groups in total. The molecule has 1 unspecified atom stereocenters. The maximum absolute atomic E-state index is 11.4. The fourth-order valence-corrected chi connectivity index (χ4v) is 4.70. The lowest BCUT2D eigenvalue weighted by Crippen LogP contribution is -2.23. The van der Waals surface area contributed by atoms with Gasteiger partial charge in [0.25, 0.3) is 0 Å². The van der Waals surface area contributed by atoms with Crippen LogP contribution in [-0.4, -0.2) is 31.5 Å². The van der Waals surface area contributed by atoms with Gasteiger partial charge >= 0.3 is 0 Å². The smallest absolute Gasteiger partial charge is 0.150 e. The number of nitrogens with one attached hydrogen (secondary N) is 1. The number of benzene rings is 1. The Labute approximate surface area is 125 Å². The second-order valence-corrected chi connectivity index (χ2v) is 8.11. The number of aromatic nitrogens is 1. The van der Waals surface area contributed by atoms with Crippen molar-refractivity contribution in [1.29, 1.82) is 0 Å². The molecule has 1 aromatic heterocycles. The van der Waals surface area contributed by atoms with E-state index in [9.17, 15) is 8.42 Å². The number of nitrogens with zero attached hydrogens (tertiary/aromatic N) is 1. The summed E-state index contributed by atoms with van der Waals surface area (Å²) in [5, 5.41) is 4.51. The maximum Gasteiger partial charge on any atom is 0.150 e. The first-order chi connectivity index (χ1) is 10.0. The van der Waals surface area contributed by atoms with E-state index in [2.05, 4.69) is 28.5 Å². The number of aryl methyl sites for hydroxylation is 1. The Morgan fingerprint density at radius 1 is 1.29 bits per heavy atom. The summed E-state index contributed by atoms with van der Waals surface area (Å²) < 4.78 is 22.8. The average molecular weight is 304 g/mol. The SMILES string of the molecule is Cc1ccc2cc(CNCC3CCS(=O)(=O)C3)ccc2n1. The normalized spacial score (nSPS) is 20.9. The van der Waals surface area contributed by atoms with Crippen LogP contribution in [0.15, 0.2) is 30.3 Å². The molecule has 1 aromatic carbocycles. The van der Waals surface area contributed by atoms with Crippen LogP contribution in [0.2, 0.25) is 0 Å². The zero-order chi connectivity index (χ0) is 14.9. The van der Waals surface area contributed by atoms with Crippen molar-refractivity contribution in [2.45, 2.75) is 19.9 Å². The van der Waals surface area contributed by atoms with Gasteiger partial charge in [-0.05, 0) is 49.6 Å². The lowest BCUT2D eigenvalue weighted by atomic mass is 10.1. The Bertz CT molecular complexity index is 756. The van der Waals surface area contributed by atoms with E-state index in [0.717, 1.165) is 36.1 Å². The third kappa shape index (κ3) is 3.60. The van der Waals surface area contributed by atoms with Crippen LogP contribution in [0.25, 0.3) is 10.9 Å². The van der Waals surface area contributed by atoms with E-state index in [0.29, 0.717) is 11.5 Å². The summed E-state index contributed by atoms with van der Waals surface area (Å²) in [6, 6.07) is 10.4. The van der Waals surface area contributed by atoms with Crippen molar-refractivity contribution >= 4 is 20.7 Å². The van der Waals surface area contributed by atoms with E-state index >= 15 is 0 Å². The minimum Gasteiger partial charge on any atom is -0.312 e. The van der Waals surface area contributed by atoms with Gasteiger partial charge in [-0.15, -0.1) is 0 Å². The first-order valence-corrected chi connectivity index (χ1v) is 9.11. The minimum atomic E-state index is -2.77. The second-order valence-electron chi connectivity index (χ2n) is 5.88. The first-order valence-electron chi connectivity index (χ1n) is 7.29. The molecule has 1 aliphatic rings. The molecule has 1 fully saturated rings. The van der Waals surface area contributed by atoms with Crippen molar-refractivity contribution in [3.63, 3.8) is 0 Å². The van der Waals surface area contributed by atoms with Gasteiger partial charge in [0.1, 0.15) is 0 Å². The molecule has 0 spiro atoms. The molecule has 0 aliphatic carbocycles. The highest BCUT2D eigenvalue weighted by atomic mass is 32.2. The van der Waals surface area contributed by atoms with E-state index in [-0.39, 0.29) is 5.92 Å². The van der Waals surface area contributed by atoms with E-state index in [4.69, 9.17) is 0 Å². The number of hydrogen-bond donors (Lipinski definition) is 1. The highest BCUT2D eigenvalue weighted by Crippen LogP contribution is 2.18. The molecule has 112 valence electrons. The van der Waals surface area contributed by atoms with Gasteiger partial charge in [-0.2, -0.15) is 0 Å². The maximum atomic E-state index is 11.4. The van der Waals surface area contributed by atoms with Crippen molar-refractivity contribution in [3.8, 4) is 0 Å². The van der Waals surface area contributed by atoms with Crippen LogP contribution < -0.4 is 5.32 Å². The van der Waals surface area contributed by atoms with E-state index in [1.54, 1.807) is 0 Å². The van der Waals surface area contributed by atoms with Crippen LogP contribution >= 0.6 is 0 Å². The second kappa shape index (κ2) is 5.73. The van der Waals surface area contributed by atoms with Gasteiger partial charge in [-0.3, -0.25) is 4.98 Å². The van der Waals surface area contributed by atoms with Crippen LogP contribution in [0.4, 0.5) is 0 Å². The lowest BCUT2D eigenvalue weighted by Gasteiger charge is -2.10. The minimum absolute atomic E-state index is 0.264. The molecule has 5 heteroatoms.